The zero-order valence-corrected chi connectivity index (χ0v) is 7.92. The van der Waals surface area contributed by atoms with Gasteiger partial charge in [-0.2, -0.15) is 0 Å². The molecule has 2 unspecified atom stereocenters. The molecule has 0 saturated heterocycles. The highest BCUT2D eigenvalue weighted by molar-refractivity contribution is 4.72. The molecule has 0 heterocycles. The van der Waals surface area contributed by atoms with Gasteiger partial charge in [0.25, 0.3) is 6.04 Å². The van der Waals surface area contributed by atoms with Crippen molar-refractivity contribution in [1.82, 2.24) is 0 Å². The lowest BCUT2D eigenvalue weighted by Crippen LogP contribution is -2.35. The van der Waals surface area contributed by atoms with E-state index in [0.717, 1.165) is 25.7 Å². The van der Waals surface area contributed by atoms with Gasteiger partial charge < -0.3 is 4.84 Å². The van der Waals surface area contributed by atoms with Gasteiger partial charge in [-0.25, -0.2) is 0 Å². The molecule has 1 aliphatic carbocycles. The Morgan fingerprint density at radius 1 is 1.21 bits per heavy atom. The molecule has 0 aromatic heterocycles. The maximum atomic E-state index is 10.7. The number of hydrogen-bond acceptors (Lipinski definition) is 5. The Balaban J connectivity index is 2.59. The van der Waals surface area contributed by atoms with Crippen molar-refractivity contribution >= 4 is 0 Å². The van der Waals surface area contributed by atoms with Crippen LogP contribution in [0.1, 0.15) is 38.5 Å². The maximum absolute atomic E-state index is 10.7. The van der Waals surface area contributed by atoms with E-state index in [2.05, 4.69) is 10.2 Å². The van der Waals surface area contributed by atoms with E-state index in [0.29, 0.717) is 12.8 Å². The minimum absolute atomic E-state index is 0.360. The Labute approximate surface area is 81.7 Å². The molecule has 14 heavy (non-hydrogen) atoms. The first-order valence-electron chi connectivity index (χ1n) is 4.87. The summed E-state index contributed by atoms with van der Waals surface area (Å²) < 4.78 is 0. The van der Waals surface area contributed by atoms with Crippen molar-refractivity contribution in [3.05, 3.63) is 15.0 Å². The van der Waals surface area contributed by atoms with Gasteiger partial charge in [-0.15, -0.1) is 4.91 Å². The van der Waals surface area contributed by atoms with Gasteiger partial charge in [0, 0.05) is 11.3 Å². The van der Waals surface area contributed by atoms with E-state index in [4.69, 9.17) is 0 Å². The molecule has 1 fully saturated rings. The minimum atomic E-state index is -0.770. The first-order chi connectivity index (χ1) is 6.75. The Morgan fingerprint density at radius 3 is 2.43 bits per heavy atom. The van der Waals surface area contributed by atoms with E-state index < -0.39 is 12.1 Å². The zero-order valence-electron chi connectivity index (χ0n) is 7.92. The summed E-state index contributed by atoms with van der Waals surface area (Å²) in [4.78, 5) is 24.8. The predicted molar refractivity (Wildman–Crippen MR) is 49.2 cm³/mol. The summed E-state index contributed by atoms with van der Waals surface area (Å²) in [6.07, 6.45) is 4.15. The van der Waals surface area contributed by atoms with Crippen molar-refractivity contribution in [3.8, 4) is 0 Å². The van der Waals surface area contributed by atoms with Gasteiger partial charge in [0.2, 0.25) is 0 Å². The van der Waals surface area contributed by atoms with Gasteiger partial charge in [-0.1, -0.05) is 12.8 Å². The molecule has 6 heteroatoms. The van der Waals surface area contributed by atoms with Crippen LogP contribution < -0.4 is 0 Å². The second-order valence-electron chi connectivity index (χ2n) is 3.56. The molecule has 0 radical (unpaired) electrons. The molecule has 0 N–H and O–H groups in total. The second kappa shape index (κ2) is 5.51. The van der Waals surface area contributed by atoms with Crippen molar-refractivity contribution in [3.63, 3.8) is 0 Å². The fourth-order valence-corrected chi connectivity index (χ4v) is 1.85. The topological polar surface area (TPSA) is 81.8 Å². The van der Waals surface area contributed by atoms with E-state index >= 15 is 0 Å². The molecule has 0 aromatic rings. The van der Waals surface area contributed by atoms with Crippen molar-refractivity contribution in [2.24, 2.45) is 5.34 Å². The lowest BCUT2D eigenvalue weighted by molar-refractivity contribution is -0.537. The van der Waals surface area contributed by atoms with Crippen LogP contribution in [0.15, 0.2) is 5.34 Å². The summed E-state index contributed by atoms with van der Waals surface area (Å²) in [5.41, 5.74) is 0. The van der Waals surface area contributed by atoms with E-state index in [9.17, 15) is 15.0 Å². The molecule has 1 saturated carbocycles. The largest absolute Gasteiger partial charge is 0.353 e. The van der Waals surface area contributed by atoms with Crippen LogP contribution in [0.5, 0.6) is 0 Å². The van der Waals surface area contributed by atoms with Crippen LogP contribution in [-0.2, 0) is 4.84 Å². The van der Waals surface area contributed by atoms with Gasteiger partial charge in [-0.05, 0) is 19.3 Å². The van der Waals surface area contributed by atoms with Crippen molar-refractivity contribution in [2.45, 2.75) is 50.7 Å². The molecule has 0 amide bonds. The Bertz CT molecular complexity index is 210. The first kappa shape index (κ1) is 10.9. The Hall–Kier alpha value is -1.20. The monoisotopic (exact) mass is 202 g/mol. The predicted octanol–water partition coefficient (Wildman–Crippen LogP) is 2.05. The fraction of sp³-hybridized carbons (Fsp3) is 1.00. The molecule has 80 valence electrons. The van der Waals surface area contributed by atoms with Crippen LogP contribution in [0.4, 0.5) is 0 Å². The standard InChI is InChI=1S/C8H14N2O4/c11-9-14-8-6-4-2-1-3-5-7(8)10(12)13/h7-8H,1-6H2. The average Bonchev–Trinajstić information content (AvgIpc) is 2.09. The summed E-state index contributed by atoms with van der Waals surface area (Å²) in [7, 11) is 0. The van der Waals surface area contributed by atoms with Crippen LogP contribution >= 0.6 is 0 Å². The SMILES string of the molecule is O=NOC1CCCCCCC1[N+](=O)[O-]. The molecular formula is C8H14N2O4. The van der Waals surface area contributed by atoms with E-state index in [1.807, 2.05) is 0 Å². The summed E-state index contributed by atoms with van der Waals surface area (Å²) in [5.74, 6) is 0. The number of rotatable bonds is 3. The van der Waals surface area contributed by atoms with Gasteiger partial charge in [0.15, 0.2) is 11.4 Å². The Morgan fingerprint density at radius 2 is 1.86 bits per heavy atom. The average molecular weight is 202 g/mol. The molecule has 0 aromatic carbocycles. The summed E-state index contributed by atoms with van der Waals surface area (Å²) in [5, 5.41) is 13.0. The van der Waals surface area contributed by atoms with Crippen LogP contribution in [-0.4, -0.2) is 17.1 Å². The quantitative estimate of drug-likeness (QED) is 0.398. The molecule has 0 aliphatic heterocycles. The van der Waals surface area contributed by atoms with E-state index in [1.165, 1.54) is 0 Å². The van der Waals surface area contributed by atoms with Gasteiger partial charge in [0.05, 0.1) is 0 Å². The van der Waals surface area contributed by atoms with Crippen LogP contribution in [0.2, 0.25) is 0 Å². The second-order valence-corrected chi connectivity index (χ2v) is 3.56. The highest BCUT2D eigenvalue weighted by Crippen LogP contribution is 2.22. The smallest absolute Gasteiger partial charge is 0.252 e. The van der Waals surface area contributed by atoms with Gasteiger partial charge >= 0.3 is 0 Å². The molecule has 1 rings (SSSR count). The maximum Gasteiger partial charge on any atom is 0.252 e. The minimum Gasteiger partial charge on any atom is -0.353 e. The van der Waals surface area contributed by atoms with E-state index in [-0.39, 0.29) is 4.92 Å². The van der Waals surface area contributed by atoms with Crippen molar-refractivity contribution in [2.75, 3.05) is 0 Å². The summed E-state index contributed by atoms with van der Waals surface area (Å²) >= 11 is 0. The highest BCUT2D eigenvalue weighted by atomic mass is 16.7. The summed E-state index contributed by atoms with van der Waals surface area (Å²) in [6, 6.07) is -0.770. The molecule has 6 nitrogen and oxygen atoms in total. The van der Waals surface area contributed by atoms with Crippen LogP contribution in [0, 0.1) is 15.0 Å². The fourth-order valence-electron chi connectivity index (χ4n) is 1.85. The summed E-state index contributed by atoms with van der Waals surface area (Å²) in [6.45, 7) is 0. The normalized spacial score (nSPS) is 28.6. The van der Waals surface area contributed by atoms with Crippen LogP contribution in [0.3, 0.4) is 0 Å². The molecular weight excluding hydrogens is 188 g/mol. The number of nitro groups is 1. The van der Waals surface area contributed by atoms with Gasteiger partial charge in [-0.3, -0.25) is 10.1 Å². The third-order valence-electron chi connectivity index (χ3n) is 2.62. The van der Waals surface area contributed by atoms with Gasteiger partial charge in [0.1, 0.15) is 0 Å². The molecule has 0 bridgehead atoms. The van der Waals surface area contributed by atoms with E-state index in [1.54, 1.807) is 0 Å². The molecule has 0 spiro atoms. The molecule has 1 aliphatic rings. The Kier molecular flexibility index (Phi) is 4.28. The third kappa shape index (κ3) is 2.93. The van der Waals surface area contributed by atoms with Crippen LogP contribution in [0.25, 0.3) is 0 Å². The zero-order chi connectivity index (χ0) is 10.4. The first-order valence-corrected chi connectivity index (χ1v) is 4.87. The molecule has 2 atom stereocenters. The number of nitrogens with zero attached hydrogens (tertiary/aromatic N) is 2. The lowest BCUT2D eigenvalue weighted by atomic mass is 9.95. The van der Waals surface area contributed by atoms with Crippen molar-refractivity contribution in [1.29, 1.82) is 0 Å². The number of hydrogen-bond donors (Lipinski definition) is 0. The lowest BCUT2D eigenvalue weighted by Gasteiger charge is -2.19. The van der Waals surface area contributed by atoms with Crippen molar-refractivity contribution < 1.29 is 9.76 Å². The third-order valence-corrected chi connectivity index (χ3v) is 2.62. The highest BCUT2D eigenvalue weighted by Gasteiger charge is 2.34.